The van der Waals surface area contributed by atoms with E-state index in [4.69, 9.17) is 11.6 Å². The van der Waals surface area contributed by atoms with Crippen molar-refractivity contribution in [3.63, 3.8) is 0 Å². The van der Waals surface area contributed by atoms with Gasteiger partial charge in [-0.25, -0.2) is 9.67 Å². The SMILES string of the molecule is Cc1cc(=O)[nH]c(Sc2nc(Cl)nc(-n3cccn3)n2)n1. The number of hydrogen-bond donors (Lipinski definition) is 1. The fourth-order valence-corrected chi connectivity index (χ4v) is 2.52. The molecule has 0 fully saturated rings. The maximum Gasteiger partial charge on any atom is 0.255 e. The van der Waals surface area contributed by atoms with Crippen molar-refractivity contribution in [3.05, 3.63) is 45.9 Å². The van der Waals surface area contributed by atoms with Gasteiger partial charge in [0.15, 0.2) is 5.16 Å². The molecule has 3 aromatic rings. The molecule has 0 aliphatic rings. The van der Waals surface area contributed by atoms with Gasteiger partial charge in [0, 0.05) is 24.2 Å². The number of aromatic amines is 1. The minimum atomic E-state index is -0.238. The Morgan fingerprint density at radius 3 is 2.86 bits per heavy atom. The zero-order valence-corrected chi connectivity index (χ0v) is 12.3. The minimum Gasteiger partial charge on any atom is -0.301 e. The number of aryl methyl sites for hydroxylation is 1. The predicted molar refractivity (Wildman–Crippen MR) is 75.7 cm³/mol. The first-order valence-corrected chi connectivity index (χ1v) is 6.97. The van der Waals surface area contributed by atoms with Crippen molar-refractivity contribution in [1.82, 2.24) is 34.7 Å². The van der Waals surface area contributed by atoms with Crippen LogP contribution in [0.3, 0.4) is 0 Å². The number of nitrogens with zero attached hydrogens (tertiary/aromatic N) is 6. The van der Waals surface area contributed by atoms with Gasteiger partial charge >= 0.3 is 0 Å². The van der Waals surface area contributed by atoms with Crippen molar-refractivity contribution in [2.75, 3.05) is 0 Å². The Morgan fingerprint density at radius 1 is 1.29 bits per heavy atom. The monoisotopic (exact) mass is 321 g/mol. The molecule has 3 heterocycles. The van der Waals surface area contributed by atoms with Gasteiger partial charge in [-0.05, 0) is 36.4 Å². The number of aromatic nitrogens is 7. The van der Waals surface area contributed by atoms with Crippen molar-refractivity contribution in [2.24, 2.45) is 0 Å². The molecule has 3 rings (SSSR count). The lowest BCUT2D eigenvalue weighted by atomic mass is 10.5. The average Bonchev–Trinajstić information content (AvgIpc) is 2.90. The van der Waals surface area contributed by atoms with Crippen molar-refractivity contribution in [3.8, 4) is 5.95 Å². The summed E-state index contributed by atoms with van der Waals surface area (Å²) >= 11 is 6.97. The van der Waals surface area contributed by atoms with Crippen molar-refractivity contribution in [1.29, 1.82) is 0 Å². The zero-order valence-electron chi connectivity index (χ0n) is 10.7. The van der Waals surface area contributed by atoms with E-state index in [0.717, 1.165) is 11.8 Å². The third kappa shape index (κ3) is 3.26. The summed E-state index contributed by atoms with van der Waals surface area (Å²) in [5.41, 5.74) is 0.367. The van der Waals surface area contributed by atoms with E-state index in [-0.39, 0.29) is 16.8 Å². The maximum absolute atomic E-state index is 11.4. The molecule has 3 aromatic heterocycles. The Morgan fingerprint density at radius 2 is 2.14 bits per heavy atom. The summed E-state index contributed by atoms with van der Waals surface area (Å²) in [5.74, 6) is 0.289. The quantitative estimate of drug-likeness (QED) is 0.724. The molecular weight excluding hydrogens is 314 g/mol. The molecule has 8 nitrogen and oxygen atoms in total. The van der Waals surface area contributed by atoms with Crippen molar-refractivity contribution >= 4 is 23.4 Å². The van der Waals surface area contributed by atoms with Crippen LogP contribution in [-0.2, 0) is 0 Å². The predicted octanol–water partition coefficient (Wildman–Crippen LogP) is 1.25. The van der Waals surface area contributed by atoms with Crippen LogP contribution in [-0.4, -0.2) is 34.7 Å². The van der Waals surface area contributed by atoms with E-state index < -0.39 is 0 Å². The van der Waals surface area contributed by atoms with Gasteiger partial charge in [-0.2, -0.15) is 20.1 Å². The Kier molecular flexibility index (Phi) is 3.67. The zero-order chi connectivity index (χ0) is 14.8. The summed E-state index contributed by atoms with van der Waals surface area (Å²) in [6, 6.07) is 3.14. The molecular formula is C11H8ClN7OS. The van der Waals surface area contributed by atoms with Crippen LogP contribution in [0, 0.1) is 6.92 Å². The third-order valence-corrected chi connectivity index (χ3v) is 3.24. The van der Waals surface area contributed by atoms with Gasteiger partial charge in [0.25, 0.3) is 11.5 Å². The lowest BCUT2D eigenvalue weighted by Gasteiger charge is -2.03. The molecule has 21 heavy (non-hydrogen) atoms. The summed E-state index contributed by atoms with van der Waals surface area (Å²) in [4.78, 5) is 30.4. The molecule has 0 aliphatic carbocycles. The van der Waals surface area contributed by atoms with E-state index in [1.54, 1.807) is 25.4 Å². The van der Waals surface area contributed by atoms with Crippen LogP contribution < -0.4 is 5.56 Å². The molecule has 0 radical (unpaired) electrons. The molecule has 0 unspecified atom stereocenters. The molecule has 10 heteroatoms. The molecule has 0 aliphatic heterocycles. The fraction of sp³-hybridized carbons (Fsp3) is 0.0909. The van der Waals surface area contributed by atoms with Crippen molar-refractivity contribution in [2.45, 2.75) is 17.2 Å². The summed E-state index contributed by atoms with van der Waals surface area (Å²) in [6.07, 6.45) is 3.29. The molecule has 106 valence electrons. The Bertz CT molecular complexity index is 833. The summed E-state index contributed by atoms with van der Waals surface area (Å²) in [7, 11) is 0. The van der Waals surface area contributed by atoms with Gasteiger partial charge in [-0.1, -0.05) is 0 Å². The second-order valence-corrected chi connectivity index (χ2v) is 5.23. The number of hydrogen-bond acceptors (Lipinski definition) is 7. The van der Waals surface area contributed by atoms with E-state index in [0.29, 0.717) is 16.0 Å². The minimum absolute atomic E-state index is 0.0352. The number of H-pyrrole nitrogens is 1. The third-order valence-electron chi connectivity index (χ3n) is 2.32. The second-order valence-electron chi connectivity index (χ2n) is 3.93. The summed E-state index contributed by atoms with van der Waals surface area (Å²) in [6.45, 7) is 1.73. The molecule has 0 amide bonds. The van der Waals surface area contributed by atoms with Crippen LogP contribution in [0.25, 0.3) is 5.95 Å². The molecule has 0 aromatic carbocycles. The Hall–Kier alpha value is -2.26. The van der Waals surface area contributed by atoms with Gasteiger partial charge in [0.05, 0.1) is 0 Å². The van der Waals surface area contributed by atoms with E-state index >= 15 is 0 Å². The van der Waals surface area contributed by atoms with Crippen LogP contribution in [0.15, 0.2) is 39.6 Å². The molecule has 0 saturated heterocycles. The Labute approximate surface area is 127 Å². The second kappa shape index (κ2) is 5.62. The van der Waals surface area contributed by atoms with Gasteiger partial charge in [-0.15, -0.1) is 0 Å². The average molecular weight is 322 g/mol. The van der Waals surface area contributed by atoms with Crippen molar-refractivity contribution < 1.29 is 0 Å². The lowest BCUT2D eigenvalue weighted by Crippen LogP contribution is -2.09. The first-order chi connectivity index (χ1) is 10.1. The molecule has 0 saturated carbocycles. The molecule has 0 bridgehead atoms. The van der Waals surface area contributed by atoms with Crippen LogP contribution >= 0.6 is 23.4 Å². The van der Waals surface area contributed by atoms with Crippen LogP contribution in [0.2, 0.25) is 5.28 Å². The normalized spacial score (nSPS) is 10.8. The topological polar surface area (TPSA) is 102 Å². The first kappa shape index (κ1) is 13.7. The van der Waals surface area contributed by atoms with Gasteiger partial charge in [-0.3, -0.25) is 4.79 Å². The van der Waals surface area contributed by atoms with Crippen LogP contribution in [0.1, 0.15) is 5.69 Å². The molecule has 0 spiro atoms. The first-order valence-electron chi connectivity index (χ1n) is 5.77. The van der Waals surface area contributed by atoms with E-state index in [9.17, 15) is 4.79 Å². The van der Waals surface area contributed by atoms with Crippen LogP contribution in [0.5, 0.6) is 0 Å². The standard InChI is InChI=1S/C11H8ClN7OS/c1-6-5-7(20)15-10(14-6)21-11-17-8(12)16-9(18-11)19-4-2-3-13-19/h2-5H,1H3,(H,14,15,20). The highest BCUT2D eigenvalue weighted by molar-refractivity contribution is 7.99. The molecule has 1 N–H and O–H groups in total. The Balaban J connectivity index is 1.97. The van der Waals surface area contributed by atoms with E-state index in [2.05, 4.69) is 30.0 Å². The number of rotatable bonds is 3. The summed E-state index contributed by atoms with van der Waals surface area (Å²) in [5, 5.41) is 4.76. The highest BCUT2D eigenvalue weighted by Crippen LogP contribution is 2.21. The lowest BCUT2D eigenvalue weighted by molar-refractivity contribution is 0.756. The number of nitrogens with one attached hydrogen (secondary N) is 1. The number of halogens is 1. The van der Waals surface area contributed by atoms with E-state index in [1.165, 1.54) is 10.7 Å². The highest BCUT2D eigenvalue weighted by Gasteiger charge is 2.10. The van der Waals surface area contributed by atoms with Crippen LogP contribution in [0.4, 0.5) is 0 Å². The largest absolute Gasteiger partial charge is 0.301 e. The summed E-state index contributed by atoms with van der Waals surface area (Å²) < 4.78 is 1.46. The van der Waals surface area contributed by atoms with Gasteiger partial charge < -0.3 is 4.98 Å². The van der Waals surface area contributed by atoms with Gasteiger partial charge in [0.1, 0.15) is 0 Å². The van der Waals surface area contributed by atoms with E-state index in [1.807, 2.05) is 0 Å². The van der Waals surface area contributed by atoms with Gasteiger partial charge in [0.2, 0.25) is 10.4 Å². The highest BCUT2D eigenvalue weighted by atomic mass is 35.5. The smallest absolute Gasteiger partial charge is 0.255 e. The molecule has 0 atom stereocenters. The maximum atomic E-state index is 11.4. The fourth-order valence-electron chi connectivity index (χ4n) is 1.54.